The molecule has 6 heteroatoms. The third-order valence-electron chi connectivity index (χ3n) is 3.08. The zero-order chi connectivity index (χ0) is 13.7. The predicted octanol–water partition coefficient (Wildman–Crippen LogP) is 1.57. The molecule has 0 aromatic carbocycles. The standard InChI is InChI=1S/C13H22N4O2/c1-3-18-8-13-16-11(14)7-12(17-13)15-9-5-10(6-9)19-4-2/h7,9-10H,3-6,8H2,1-2H3,(H3,14,15,16,17). The summed E-state index contributed by atoms with van der Waals surface area (Å²) in [5, 5.41) is 3.36. The maximum atomic E-state index is 5.77. The molecule has 106 valence electrons. The zero-order valence-corrected chi connectivity index (χ0v) is 11.6. The Hall–Kier alpha value is -1.40. The first kappa shape index (κ1) is 14.0. The Morgan fingerprint density at radius 3 is 2.79 bits per heavy atom. The summed E-state index contributed by atoms with van der Waals surface area (Å²) in [7, 11) is 0. The average Bonchev–Trinajstić information content (AvgIpc) is 2.33. The van der Waals surface area contributed by atoms with Gasteiger partial charge in [0.1, 0.15) is 18.2 Å². The van der Waals surface area contributed by atoms with E-state index in [4.69, 9.17) is 15.2 Å². The van der Waals surface area contributed by atoms with E-state index in [1.165, 1.54) is 0 Å². The molecule has 1 aliphatic carbocycles. The van der Waals surface area contributed by atoms with E-state index in [2.05, 4.69) is 15.3 Å². The molecule has 19 heavy (non-hydrogen) atoms. The van der Waals surface area contributed by atoms with Crippen molar-refractivity contribution in [3.05, 3.63) is 11.9 Å². The van der Waals surface area contributed by atoms with Gasteiger partial charge in [0.25, 0.3) is 0 Å². The fourth-order valence-corrected chi connectivity index (χ4v) is 2.11. The number of aromatic nitrogens is 2. The van der Waals surface area contributed by atoms with Gasteiger partial charge in [0, 0.05) is 25.3 Å². The molecular weight excluding hydrogens is 244 g/mol. The quantitative estimate of drug-likeness (QED) is 0.779. The molecule has 0 radical (unpaired) electrons. The van der Waals surface area contributed by atoms with Crippen molar-refractivity contribution in [1.29, 1.82) is 0 Å². The number of nitrogens with one attached hydrogen (secondary N) is 1. The molecule has 1 fully saturated rings. The van der Waals surface area contributed by atoms with Gasteiger partial charge in [0.05, 0.1) is 6.10 Å². The van der Waals surface area contributed by atoms with Gasteiger partial charge in [-0.1, -0.05) is 0 Å². The maximum Gasteiger partial charge on any atom is 0.158 e. The summed E-state index contributed by atoms with van der Waals surface area (Å²) in [6.07, 6.45) is 2.40. The van der Waals surface area contributed by atoms with E-state index < -0.39 is 0 Å². The molecule has 1 saturated carbocycles. The number of nitrogens with zero attached hydrogens (tertiary/aromatic N) is 2. The van der Waals surface area contributed by atoms with Crippen molar-refractivity contribution in [2.24, 2.45) is 0 Å². The molecule has 0 aliphatic heterocycles. The molecule has 0 atom stereocenters. The average molecular weight is 266 g/mol. The minimum atomic E-state index is 0.379. The van der Waals surface area contributed by atoms with Crippen molar-refractivity contribution in [3.63, 3.8) is 0 Å². The lowest BCUT2D eigenvalue weighted by Crippen LogP contribution is -2.41. The van der Waals surface area contributed by atoms with Gasteiger partial charge in [-0.05, 0) is 26.7 Å². The second-order valence-corrected chi connectivity index (χ2v) is 4.62. The molecule has 0 spiro atoms. The third-order valence-corrected chi connectivity index (χ3v) is 3.08. The van der Waals surface area contributed by atoms with Gasteiger partial charge in [-0.15, -0.1) is 0 Å². The maximum absolute atomic E-state index is 5.77. The fraction of sp³-hybridized carbons (Fsp3) is 0.692. The van der Waals surface area contributed by atoms with E-state index in [-0.39, 0.29) is 0 Å². The molecule has 0 unspecified atom stereocenters. The Morgan fingerprint density at radius 2 is 2.11 bits per heavy atom. The first-order chi connectivity index (χ1) is 9.21. The van der Waals surface area contributed by atoms with E-state index in [1.54, 1.807) is 6.07 Å². The number of anilines is 2. The summed E-state index contributed by atoms with van der Waals surface area (Å²) in [4.78, 5) is 8.54. The molecule has 6 nitrogen and oxygen atoms in total. The highest BCUT2D eigenvalue weighted by molar-refractivity contribution is 5.45. The SMILES string of the molecule is CCOCc1nc(N)cc(NC2CC(OCC)C2)n1. The van der Waals surface area contributed by atoms with E-state index in [0.29, 0.717) is 37.0 Å². The molecule has 2 rings (SSSR count). The van der Waals surface area contributed by atoms with Crippen LogP contribution in [0.2, 0.25) is 0 Å². The van der Waals surface area contributed by atoms with Gasteiger partial charge in [0.15, 0.2) is 5.82 Å². The number of hydrogen-bond donors (Lipinski definition) is 2. The molecular formula is C13H22N4O2. The molecule has 0 saturated heterocycles. The van der Waals surface area contributed by atoms with Crippen LogP contribution in [0.5, 0.6) is 0 Å². The Kier molecular flexibility index (Phi) is 4.93. The Balaban J connectivity index is 1.88. The fourth-order valence-electron chi connectivity index (χ4n) is 2.11. The molecule has 3 N–H and O–H groups in total. The Bertz CT molecular complexity index is 408. The lowest BCUT2D eigenvalue weighted by atomic mass is 9.89. The van der Waals surface area contributed by atoms with E-state index in [1.807, 2.05) is 13.8 Å². The summed E-state index contributed by atoms with van der Waals surface area (Å²) >= 11 is 0. The minimum absolute atomic E-state index is 0.379. The topological polar surface area (TPSA) is 82.3 Å². The number of ether oxygens (including phenoxy) is 2. The van der Waals surface area contributed by atoms with Gasteiger partial charge in [-0.3, -0.25) is 0 Å². The van der Waals surface area contributed by atoms with Gasteiger partial charge in [-0.2, -0.15) is 0 Å². The highest BCUT2D eigenvalue weighted by Crippen LogP contribution is 2.26. The summed E-state index contributed by atoms with van der Waals surface area (Å²) < 4.78 is 10.8. The van der Waals surface area contributed by atoms with Gasteiger partial charge >= 0.3 is 0 Å². The third kappa shape index (κ3) is 4.04. The highest BCUT2D eigenvalue weighted by Gasteiger charge is 2.29. The van der Waals surface area contributed by atoms with Crippen LogP contribution in [0.3, 0.4) is 0 Å². The van der Waals surface area contributed by atoms with Crippen LogP contribution in [0.25, 0.3) is 0 Å². The van der Waals surface area contributed by atoms with Crippen LogP contribution in [0.1, 0.15) is 32.5 Å². The highest BCUT2D eigenvalue weighted by atomic mass is 16.5. The van der Waals surface area contributed by atoms with Gasteiger partial charge < -0.3 is 20.5 Å². The lowest BCUT2D eigenvalue weighted by Gasteiger charge is -2.35. The van der Waals surface area contributed by atoms with E-state index in [0.717, 1.165) is 25.3 Å². The summed E-state index contributed by atoms with van der Waals surface area (Å²) in [6, 6.07) is 2.16. The van der Waals surface area contributed by atoms with Crippen LogP contribution in [0.4, 0.5) is 11.6 Å². The first-order valence-corrected chi connectivity index (χ1v) is 6.80. The molecule has 1 aromatic rings. The van der Waals surface area contributed by atoms with Crippen LogP contribution >= 0.6 is 0 Å². The first-order valence-electron chi connectivity index (χ1n) is 6.80. The van der Waals surface area contributed by atoms with Crippen molar-refractivity contribution < 1.29 is 9.47 Å². The van der Waals surface area contributed by atoms with Gasteiger partial charge in [0.2, 0.25) is 0 Å². The van der Waals surface area contributed by atoms with Crippen LogP contribution in [-0.2, 0) is 16.1 Å². The lowest BCUT2D eigenvalue weighted by molar-refractivity contribution is 0.00291. The Morgan fingerprint density at radius 1 is 1.32 bits per heavy atom. The molecule has 0 amide bonds. The smallest absolute Gasteiger partial charge is 0.158 e. The number of rotatable bonds is 7. The molecule has 1 heterocycles. The number of hydrogen-bond acceptors (Lipinski definition) is 6. The van der Waals surface area contributed by atoms with Crippen molar-refractivity contribution in [1.82, 2.24) is 9.97 Å². The summed E-state index contributed by atoms with van der Waals surface area (Å²) in [5.41, 5.74) is 5.77. The molecule has 1 aliphatic rings. The van der Waals surface area contributed by atoms with E-state index in [9.17, 15) is 0 Å². The summed E-state index contributed by atoms with van der Waals surface area (Å²) in [6.45, 7) is 5.76. The van der Waals surface area contributed by atoms with Crippen molar-refractivity contribution in [3.8, 4) is 0 Å². The second kappa shape index (κ2) is 6.68. The molecule has 0 bridgehead atoms. The zero-order valence-electron chi connectivity index (χ0n) is 11.6. The van der Waals surface area contributed by atoms with E-state index >= 15 is 0 Å². The predicted molar refractivity (Wildman–Crippen MR) is 73.8 cm³/mol. The van der Waals surface area contributed by atoms with Crippen LogP contribution in [0.15, 0.2) is 6.07 Å². The van der Waals surface area contributed by atoms with Crippen molar-refractivity contribution in [2.45, 2.75) is 45.4 Å². The normalized spacial score (nSPS) is 22.0. The second-order valence-electron chi connectivity index (χ2n) is 4.62. The number of nitrogen functional groups attached to an aromatic ring is 1. The van der Waals surface area contributed by atoms with Crippen molar-refractivity contribution >= 4 is 11.6 Å². The van der Waals surface area contributed by atoms with Crippen molar-refractivity contribution in [2.75, 3.05) is 24.3 Å². The van der Waals surface area contributed by atoms with Crippen LogP contribution in [-0.4, -0.2) is 35.3 Å². The largest absolute Gasteiger partial charge is 0.384 e. The van der Waals surface area contributed by atoms with Gasteiger partial charge in [-0.25, -0.2) is 9.97 Å². The monoisotopic (exact) mass is 266 g/mol. The Labute approximate surface area is 113 Å². The number of nitrogens with two attached hydrogens (primary N) is 1. The van der Waals surface area contributed by atoms with Crippen LogP contribution < -0.4 is 11.1 Å². The summed E-state index contributed by atoms with van der Waals surface area (Å²) in [5.74, 6) is 1.85. The minimum Gasteiger partial charge on any atom is -0.384 e. The molecule has 1 aromatic heterocycles. The van der Waals surface area contributed by atoms with Crippen LogP contribution in [0, 0.1) is 0 Å².